The number of rotatable bonds is 11. The second-order valence-corrected chi connectivity index (χ2v) is 13.8. The summed E-state index contributed by atoms with van der Waals surface area (Å²) < 4.78 is 13.4. The third-order valence-electron chi connectivity index (χ3n) is 9.87. The van der Waals surface area contributed by atoms with Gasteiger partial charge >= 0.3 is 0 Å². The van der Waals surface area contributed by atoms with Gasteiger partial charge in [0.25, 0.3) is 0 Å². The van der Waals surface area contributed by atoms with Crippen LogP contribution in [0.2, 0.25) is 0 Å². The van der Waals surface area contributed by atoms with E-state index in [0.29, 0.717) is 42.6 Å². The van der Waals surface area contributed by atoms with Gasteiger partial charge in [0.05, 0.1) is 5.82 Å². The van der Waals surface area contributed by atoms with Crippen molar-refractivity contribution in [3.63, 3.8) is 0 Å². The Morgan fingerprint density at radius 2 is 1.66 bits per heavy atom. The van der Waals surface area contributed by atoms with Gasteiger partial charge < -0.3 is 31.6 Å². The minimum absolute atomic E-state index is 0.0106. The Morgan fingerprint density at radius 3 is 2.28 bits per heavy atom. The normalized spacial score (nSPS) is 15.8. The number of carbonyl (C=O) groups excluding carboxylic acids is 2. The van der Waals surface area contributed by atoms with Crippen LogP contribution >= 0.6 is 0 Å². The van der Waals surface area contributed by atoms with Crippen LogP contribution in [0.3, 0.4) is 0 Å². The van der Waals surface area contributed by atoms with Gasteiger partial charge in [-0.1, -0.05) is 63.2 Å². The number of hydrogen-bond acceptors (Lipinski definition) is 6. The van der Waals surface area contributed by atoms with E-state index in [0.717, 1.165) is 79.8 Å². The molecule has 8 nitrogen and oxygen atoms in total. The number of likely N-dealkylation sites (tertiary alicyclic amines) is 2. The minimum atomic E-state index is -0.462. The number of benzene rings is 3. The van der Waals surface area contributed by atoms with Crippen molar-refractivity contribution in [3.8, 4) is 0 Å². The molecule has 2 aliphatic rings. The quantitative estimate of drug-likeness (QED) is 0.124. The van der Waals surface area contributed by atoms with Crippen LogP contribution in [0.5, 0.6) is 0 Å². The molecule has 1 unspecified atom stereocenters. The summed E-state index contributed by atoms with van der Waals surface area (Å²) in [5.41, 5.74) is 12.6. The molecular formula is C41H55FN6O2. The molecule has 268 valence electrons. The maximum absolute atomic E-state index is 13.9. The van der Waals surface area contributed by atoms with Gasteiger partial charge in [0.15, 0.2) is 0 Å². The van der Waals surface area contributed by atoms with Gasteiger partial charge in [0, 0.05) is 62.7 Å². The standard InChI is InChI=1S/C30H40FN5O.C11H15NO/c1-20-8-12-35(13-9-20)22(3)34-28(18-23-16-21(2)29(33)26(17-23)19-32)30(37)36-14-10-25(11-15-36)24-4-6-27(31)7-5-24;1-3-6-10-7-4-5-8-11(10)12-9(2)13/h4-7,16-17,19-20,25,28,32,34H,3,8-15,18,33H2,1-2H3;4-5,7-8H,3,6H2,1-2H3,(H,12,13). The zero-order valence-corrected chi connectivity index (χ0v) is 30.2. The van der Waals surface area contributed by atoms with Gasteiger partial charge in [-0.25, -0.2) is 4.39 Å². The summed E-state index contributed by atoms with van der Waals surface area (Å²) in [5, 5.41) is 14.0. The number of nitrogens with one attached hydrogen (secondary N) is 3. The van der Waals surface area contributed by atoms with Crippen molar-refractivity contribution < 1.29 is 14.0 Å². The van der Waals surface area contributed by atoms with Crippen molar-refractivity contribution in [3.05, 3.63) is 107 Å². The van der Waals surface area contributed by atoms with E-state index >= 15 is 0 Å². The number of piperidine rings is 2. The second kappa shape index (κ2) is 18.4. The van der Waals surface area contributed by atoms with E-state index in [1.54, 1.807) is 0 Å². The van der Waals surface area contributed by atoms with Crippen molar-refractivity contribution in [1.29, 1.82) is 5.41 Å². The lowest BCUT2D eigenvalue weighted by Crippen LogP contribution is -2.51. The Morgan fingerprint density at radius 1 is 1.02 bits per heavy atom. The lowest BCUT2D eigenvalue weighted by molar-refractivity contribution is -0.134. The fourth-order valence-electron chi connectivity index (χ4n) is 6.85. The molecule has 0 aliphatic carbocycles. The molecule has 0 bridgehead atoms. The molecule has 0 aromatic heterocycles. The molecule has 1 atom stereocenters. The predicted octanol–water partition coefficient (Wildman–Crippen LogP) is 7.42. The van der Waals surface area contributed by atoms with Crippen LogP contribution in [-0.4, -0.2) is 60.0 Å². The Balaban J connectivity index is 0.000000363. The first-order valence-electron chi connectivity index (χ1n) is 18.0. The summed E-state index contributed by atoms with van der Waals surface area (Å²) in [6.45, 7) is 15.4. The number of anilines is 2. The Labute approximate surface area is 297 Å². The van der Waals surface area contributed by atoms with Gasteiger partial charge in [-0.05, 0) is 97.4 Å². The molecule has 2 aliphatic heterocycles. The van der Waals surface area contributed by atoms with Gasteiger partial charge in [0.1, 0.15) is 11.9 Å². The Bertz CT molecular complexity index is 1610. The first-order chi connectivity index (χ1) is 24.0. The lowest BCUT2D eigenvalue weighted by Gasteiger charge is -2.38. The summed E-state index contributed by atoms with van der Waals surface area (Å²) >= 11 is 0. The number of halogens is 1. The molecule has 0 spiro atoms. The van der Waals surface area contributed by atoms with Crippen molar-refractivity contribution in [2.75, 3.05) is 37.2 Å². The van der Waals surface area contributed by atoms with Crippen molar-refractivity contribution >= 4 is 29.4 Å². The van der Waals surface area contributed by atoms with Gasteiger partial charge in [-0.15, -0.1) is 0 Å². The summed E-state index contributed by atoms with van der Waals surface area (Å²) in [7, 11) is 0. The third-order valence-corrected chi connectivity index (χ3v) is 9.87. The molecule has 0 radical (unpaired) electrons. The van der Waals surface area contributed by atoms with Gasteiger partial charge in [0.2, 0.25) is 11.8 Å². The van der Waals surface area contributed by atoms with E-state index < -0.39 is 6.04 Å². The number of aryl methyl sites for hydroxylation is 2. The first kappa shape index (κ1) is 38.1. The molecule has 2 heterocycles. The molecule has 2 amide bonds. The van der Waals surface area contributed by atoms with E-state index in [2.05, 4.69) is 42.0 Å². The number of carbonyl (C=O) groups is 2. The molecule has 5 N–H and O–H groups in total. The summed E-state index contributed by atoms with van der Waals surface area (Å²) in [4.78, 5) is 28.9. The van der Waals surface area contributed by atoms with E-state index in [1.165, 1.54) is 30.8 Å². The van der Waals surface area contributed by atoms with Crippen molar-refractivity contribution in [1.82, 2.24) is 15.1 Å². The van der Waals surface area contributed by atoms with Crippen LogP contribution in [0.25, 0.3) is 0 Å². The number of nitrogens with two attached hydrogens (primary N) is 1. The number of nitrogens with zero attached hydrogens (tertiary/aromatic N) is 2. The highest BCUT2D eigenvalue weighted by molar-refractivity contribution is 5.89. The van der Waals surface area contributed by atoms with E-state index in [9.17, 15) is 14.0 Å². The van der Waals surface area contributed by atoms with Crippen molar-refractivity contribution in [2.45, 2.75) is 84.6 Å². The molecule has 9 heteroatoms. The number of amides is 2. The lowest BCUT2D eigenvalue weighted by atomic mass is 9.89. The highest BCUT2D eigenvalue weighted by atomic mass is 19.1. The highest BCUT2D eigenvalue weighted by Gasteiger charge is 2.30. The van der Waals surface area contributed by atoms with Crippen LogP contribution in [0.1, 0.15) is 86.6 Å². The number of para-hydroxylation sites is 1. The Hall–Kier alpha value is -4.66. The average Bonchev–Trinajstić information content (AvgIpc) is 3.11. The maximum atomic E-state index is 13.9. The van der Waals surface area contributed by atoms with Crippen LogP contribution in [0.15, 0.2) is 73.1 Å². The first-order valence-corrected chi connectivity index (χ1v) is 18.0. The van der Waals surface area contributed by atoms with Crippen LogP contribution in [0, 0.1) is 24.1 Å². The third kappa shape index (κ3) is 10.7. The molecule has 2 fully saturated rings. The fourth-order valence-corrected chi connectivity index (χ4v) is 6.85. The zero-order chi connectivity index (χ0) is 36.2. The molecule has 2 saturated heterocycles. The highest BCUT2D eigenvalue weighted by Crippen LogP contribution is 2.29. The predicted molar refractivity (Wildman–Crippen MR) is 203 cm³/mol. The maximum Gasteiger partial charge on any atom is 0.245 e. The SMILES string of the molecule is C=C(NC(Cc1cc(C)c(N)c(C=N)c1)C(=O)N1CCC(c2ccc(F)cc2)CC1)N1CCC(C)CC1.CCCc1ccccc1NC(C)=O. The molecule has 3 aromatic rings. The van der Waals surface area contributed by atoms with Crippen LogP contribution in [0.4, 0.5) is 15.8 Å². The number of nitrogen functional groups attached to an aromatic ring is 1. The van der Waals surface area contributed by atoms with E-state index in [4.69, 9.17) is 11.1 Å². The minimum Gasteiger partial charge on any atom is -0.398 e. The van der Waals surface area contributed by atoms with Crippen molar-refractivity contribution in [2.24, 2.45) is 5.92 Å². The monoisotopic (exact) mass is 682 g/mol. The molecule has 5 rings (SSSR count). The summed E-state index contributed by atoms with van der Waals surface area (Å²) in [5.74, 6) is 1.67. The van der Waals surface area contributed by atoms with Crippen LogP contribution < -0.4 is 16.4 Å². The van der Waals surface area contributed by atoms with Crippen LogP contribution in [-0.2, 0) is 22.4 Å². The van der Waals surface area contributed by atoms with Gasteiger partial charge in [-0.3, -0.25) is 9.59 Å². The smallest absolute Gasteiger partial charge is 0.245 e. The van der Waals surface area contributed by atoms with E-state index in [-0.39, 0.29) is 17.6 Å². The fraction of sp³-hybridized carbons (Fsp3) is 0.439. The zero-order valence-electron chi connectivity index (χ0n) is 30.2. The van der Waals surface area contributed by atoms with Gasteiger partial charge in [-0.2, -0.15) is 0 Å². The summed E-state index contributed by atoms with van der Waals surface area (Å²) in [6, 6.07) is 18.1. The Kier molecular flexibility index (Phi) is 14.0. The largest absolute Gasteiger partial charge is 0.398 e. The molecule has 50 heavy (non-hydrogen) atoms. The molecular weight excluding hydrogens is 627 g/mol. The average molecular weight is 683 g/mol. The molecule has 3 aromatic carbocycles. The topological polar surface area (TPSA) is 115 Å². The number of hydrogen-bond donors (Lipinski definition) is 4. The second-order valence-electron chi connectivity index (χ2n) is 13.8. The molecule has 0 saturated carbocycles. The van der Waals surface area contributed by atoms with E-state index in [1.807, 2.05) is 54.3 Å². The summed E-state index contributed by atoms with van der Waals surface area (Å²) in [6.07, 6.45) is 7.81.